The number of aryl methyl sites for hydroxylation is 1. The molecule has 2 aromatic heterocycles. The summed E-state index contributed by atoms with van der Waals surface area (Å²) in [5.41, 5.74) is 0.268. The van der Waals surface area contributed by atoms with Crippen LogP contribution in [-0.4, -0.2) is 56.9 Å². The quantitative estimate of drug-likeness (QED) is 0.833. The molecule has 0 N–H and O–H groups in total. The van der Waals surface area contributed by atoms with Crippen molar-refractivity contribution in [3.05, 3.63) is 48.1 Å². The zero-order chi connectivity index (χ0) is 15.7. The van der Waals surface area contributed by atoms with Crippen LogP contribution < -0.4 is 0 Å². The minimum atomic E-state index is -0.444. The lowest BCUT2D eigenvalue weighted by molar-refractivity contribution is 0.0523. The minimum Gasteiger partial charge on any atom is -0.337 e. The first-order chi connectivity index (χ1) is 10.6. The molecule has 22 heavy (non-hydrogen) atoms. The molecule has 1 fully saturated rings. The summed E-state index contributed by atoms with van der Waals surface area (Å²) in [6, 6.07) is 2.72. The number of amides is 1. The average Bonchev–Trinajstić information content (AvgIpc) is 2.94. The summed E-state index contributed by atoms with van der Waals surface area (Å²) in [7, 11) is 3.97. The van der Waals surface area contributed by atoms with Gasteiger partial charge in [-0.25, -0.2) is 14.4 Å². The van der Waals surface area contributed by atoms with Gasteiger partial charge in [-0.2, -0.15) is 0 Å². The summed E-state index contributed by atoms with van der Waals surface area (Å²) in [6.07, 6.45) is 4.72. The summed E-state index contributed by atoms with van der Waals surface area (Å²) in [5.74, 6) is 0.306. The van der Waals surface area contributed by atoms with Crippen LogP contribution in [-0.2, 0) is 7.05 Å². The van der Waals surface area contributed by atoms with Gasteiger partial charge in [0, 0.05) is 39.1 Å². The Morgan fingerprint density at radius 3 is 2.73 bits per heavy atom. The van der Waals surface area contributed by atoms with Gasteiger partial charge in [-0.1, -0.05) is 0 Å². The highest BCUT2D eigenvalue weighted by Gasteiger charge is 2.31. The Bertz CT molecular complexity index is 669. The van der Waals surface area contributed by atoms with Crippen molar-refractivity contribution in [2.45, 2.75) is 6.04 Å². The van der Waals surface area contributed by atoms with Crippen molar-refractivity contribution >= 4 is 5.91 Å². The molecule has 0 aromatic carbocycles. The van der Waals surface area contributed by atoms with Crippen molar-refractivity contribution in [2.24, 2.45) is 7.05 Å². The van der Waals surface area contributed by atoms with E-state index in [2.05, 4.69) is 14.9 Å². The maximum absolute atomic E-state index is 12.9. The van der Waals surface area contributed by atoms with E-state index < -0.39 is 5.82 Å². The summed E-state index contributed by atoms with van der Waals surface area (Å²) >= 11 is 0. The largest absolute Gasteiger partial charge is 0.337 e. The number of hydrogen-bond acceptors (Lipinski definition) is 4. The Labute approximate surface area is 128 Å². The highest BCUT2D eigenvalue weighted by atomic mass is 19.1. The highest BCUT2D eigenvalue weighted by molar-refractivity contribution is 5.92. The van der Waals surface area contributed by atoms with Crippen LogP contribution in [0.3, 0.4) is 0 Å². The van der Waals surface area contributed by atoms with Crippen LogP contribution >= 0.6 is 0 Å². The van der Waals surface area contributed by atoms with Gasteiger partial charge in [0.05, 0.1) is 12.2 Å². The third-order valence-electron chi connectivity index (χ3n) is 4.04. The van der Waals surface area contributed by atoms with E-state index in [1.807, 2.05) is 24.9 Å². The van der Waals surface area contributed by atoms with Crippen molar-refractivity contribution < 1.29 is 9.18 Å². The lowest BCUT2D eigenvalue weighted by Gasteiger charge is -2.38. The van der Waals surface area contributed by atoms with Crippen molar-refractivity contribution in [2.75, 3.05) is 26.7 Å². The molecular weight excluding hydrogens is 285 g/mol. The molecule has 0 spiro atoms. The number of imidazole rings is 1. The van der Waals surface area contributed by atoms with Crippen LogP contribution in [0.4, 0.5) is 4.39 Å². The maximum Gasteiger partial charge on any atom is 0.272 e. The first-order valence-corrected chi connectivity index (χ1v) is 7.14. The SMILES string of the molecule is CN1CCN(C(=O)c2ccc(F)cn2)C[C@@H]1c1nccn1C. The van der Waals surface area contributed by atoms with E-state index >= 15 is 0 Å². The molecular formula is C15H18FN5O. The van der Waals surface area contributed by atoms with Gasteiger partial charge in [-0.15, -0.1) is 0 Å². The molecule has 1 atom stereocenters. The Hall–Kier alpha value is -2.28. The number of halogens is 1. The Morgan fingerprint density at radius 2 is 2.09 bits per heavy atom. The number of aromatic nitrogens is 3. The van der Waals surface area contributed by atoms with Crippen LogP contribution in [0.15, 0.2) is 30.7 Å². The van der Waals surface area contributed by atoms with Crippen LogP contribution in [0.5, 0.6) is 0 Å². The number of rotatable bonds is 2. The molecule has 1 aliphatic heterocycles. The molecule has 1 amide bonds. The van der Waals surface area contributed by atoms with E-state index in [4.69, 9.17) is 0 Å². The van der Waals surface area contributed by atoms with Gasteiger partial charge in [0.2, 0.25) is 0 Å². The number of nitrogens with zero attached hydrogens (tertiary/aromatic N) is 5. The van der Waals surface area contributed by atoms with Crippen molar-refractivity contribution in [3.63, 3.8) is 0 Å². The van der Waals surface area contributed by atoms with Crippen LogP contribution in [0, 0.1) is 5.82 Å². The van der Waals surface area contributed by atoms with Crippen molar-refractivity contribution in [3.8, 4) is 0 Å². The average molecular weight is 303 g/mol. The molecule has 0 aliphatic carbocycles. The molecule has 6 nitrogen and oxygen atoms in total. The molecule has 3 rings (SSSR count). The fourth-order valence-corrected chi connectivity index (χ4v) is 2.70. The van der Waals surface area contributed by atoms with Crippen LogP contribution in [0.1, 0.15) is 22.4 Å². The molecule has 0 unspecified atom stereocenters. The van der Waals surface area contributed by atoms with Gasteiger partial charge in [0.15, 0.2) is 0 Å². The van der Waals surface area contributed by atoms with Gasteiger partial charge in [0.1, 0.15) is 17.3 Å². The topological polar surface area (TPSA) is 54.3 Å². The fourth-order valence-electron chi connectivity index (χ4n) is 2.70. The smallest absolute Gasteiger partial charge is 0.272 e. The van der Waals surface area contributed by atoms with Crippen LogP contribution in [0.2, 0.25) is 0 Å². The fraction of sp³-hybridized carbons (Fsp3) is 0.400. The van der Waals surface area contributed by atoms with Gasteiger partial charge in [0.25, 0.3) is 5.91 Å². The highest BCUT2D eigenvalue weighted by Crippen LogP contribution is 2.23. The Kier molecular flexibility index (Phi) is 3.89. The third-order valence-corrected chi connectivity index (χ3v) is 4.04. The van der Waals surface area contributed by atoms with Gasteiger partial charge < -0.3 is 9.47 Å². The van der Waals surface area contributed by atoms with E-state index in [9.17, 15) is 9.18 Å². The lowest BCUT2D eigenvalue weighted by atomic mass is 10.1. The number of likely N-dealkylation sites (N-methyl/N-ethyl adjacent to an activating group) is 1. The minimum absolute atomic E-state index is 0.0400. The molecule has 3 heterocycles. The standard InChI is InChI=1S/C15H18FN5O/c1-19-7-8-21(10-13(19)14-17-5-6-20(14)2)15(22)12-4-3-11(16)9-18-12/h3-6,9,13H,7-8,10H2,1-2H3/t13-/m1/s1. The molecule has 0 radical (unpaired) electrons. The lowest BCUT2D eigenvalue weighted by Crippen LogP contribution is -2.49. The third kappa shape index (κ3) is 2.71. The van der Waals surface area contributed by atoms with Crippen molar-refractivity contribution in [1.82, 2.24) is 24.3 Å². The van der Waals surface area contributed by atoms with Crippen LogP contribution in [0.25, 0.3) is 0 Å². The predicted octanol–water partition coefficient (Wildman–Crippen LogP) is 1.08. The van der Waals surface area contributed by atoms with Gasteiger partial charge in [-0.3, -0.25) is 9.69 Å². The van der Waals surface area contributed by atoms with E-state index in [0.29, 0.717) is 13.1 Å². The number of piperazine rings is 1. The van der Waals surface area contributed by atoms with E-state index in [0.717, 1.165) is 18.6 Å². The van der Waals surface area contributed by atoms with E-state index in [1.54, 1.807) is 11.1 Å². The molecule has 0 saturated carbocycles. The zero-order valence-electron chi connectivity index (χ0n) is 12.6. The van der Waals surface area contributed by atoms with Gasteiger partial charge >= 0.3 is 0 Å². The second-order valence-corrected chi connectivity index (χ2v) is 5.51. The van der Waals surface area contributed by atoms with E-state index in [-0.39, 0.29) is 17.6 Å². The Balaban J connectivity index is 1.79. The molecule has 7 heteroatoms. The first-order valence-electron chi connectivity index (χ1n) is 7.14. The second-order valence-electron chi connectivity index (χ2n) is 5.51. The predicted molar refractivity (Wildman–Crippen MR) is 78.7 cm³/mol. The number of hydrogen-bond donors (Lipinski definition) is 0. The summed E-state index contributed by atoms with van der Waals surface area (Å²) in [6.45, 7) is 1.92. The molecule has 1 saturated heterocycles. The normalized spacial score (nSPS) is 19.4. The van der Waals surface area contributed by atoms with Gasteiger partial charge in [-0.05, 0) is 19.2 Å². The number of pyridine rings is 1. The maximum atomic E-state index is 12.9. The summed E-state index contributed by atoms with van der Waals surface area (Å²) < 4.78 is 14.9. The first kappa shape index (κ1) is 14.6. The molecule has 1 aliphatic rings. The molecule has 0 bridgehead atoms. The van der Waals surface area contributed by atoms with Crippen molar-refractivity contribution in [1.29, 1.82) is 0 Å². The molecule has 116 valence electrons. The zero-order valence-corrected chi connectivity index (χ0v) is 12.6. The summed E-state index contributed by atoms with van der Waals surface area (Å²) in [4.78, 5) is 24.7. The van der Waals surface area contributed by atoms with E-state index in [1.165, 1.54) is 12.1 Å². The number of carbonyl (C=O) groups excluding carboxylic acids is 1. The Morgan fingerprint density at radius 1 is 1.27 bits per heavy atom. The number of carbonyl (C=O) groups is 1. The second kappa shape index (κ2) is 5.84. The monoisotopic (exact) mass is 303 g/mol. The summed E-state index contributed by atoms with van der Waals surface area (Å²) in [5, 5.41) is 0. The molecule has 2 aromatic rings.